The summed E-state index contributed by atoms with van der Waals surface area (Å²) in [6, 6.07) is 12.5. The van der Waals surface area contributed by atoms with Crippen LogP contribution in [-0.4, -0.2) is 30.6 Å². The van der Waals surface area contributed by atoms with Gasteiger partial charge < -0.3 is 15.3 Å². The van der Waals surface area contributed by atoms with Gasteiger partial charge in [0, 0.05) is 17.5 Å². The van der Waals surface area contributed by atoms with Crippen LogP contribution in [0.1, 0.15) is 35.9 Å². The van der Waals surface area contributed by atoms with Crippen LogP contribution in [0.4, 0.5) is 0 Å². The van der Waals surface area contributed by atoms with Gasteiger partial charge in [-0.1, -0.05) is 25.1 Å². The van der Waals surface area contributed by atoms with Crippen LogP contribution >= 0.6 is 11.3 Å². The fourth-order valence-corrected chi connectivity index (χ4v) is 3.40. The van der Waals surface area contributed by atoms with E-state index in [1.807, 2.05) is 12.1 Å². The minimum absolute atomic E-state index is 0.313. The molecular formula is C17H24N2OS. The molecule has 21 heavy (non-hydrogen) atoms. The molecule has 2 atom stereocenters. The van der Waals surface area contributed by atoms with E-state index in [0.29, 0.717) is 17.8 Å². The molecule has 1 aromatic carbocycles. The second-order valence-corrected chi connectivity index (χ2v) is 6.43. The number of thiophene rings is 1. The van der Waals surface area contributed by atoms with Crippen molar-refractivity contribution >= 4 is 11.3 Å². The predicted octanol–water partition coefficient (Wildman–Crippen LogP) is 3.80. The van der Waals surface area contributed by atoms with E-state index in [0.717, 1.165) is 13.0 Å². The van der Waals surface area contributed by atoms with Crippen molar-refractivity contribution in [1.29, 1.82) is 0 Å². The van der Waals surface area contributed by atoms with Crippen molar-refractivity contribution in [3.8, 4) is 5.75 Å². The Kier molecular flexibility index (Phi) is 5.79. The Balaban J connectivity index is 2.03. The Labute approximate surface area is 131 Å². The van der Waals surface area contributed by atoms with E-state index in [4.69, 9.17) is 0 Å². The van der Waals surface area contributed by atoms with Gasteiger partial charge in [0.25, 0.3) is 0 Å². The van der Waals surface area contributed by atoms with Gasteiger partial charge in [-0.15, -0.1) is 11.3 Å². The van der Waals surface area contributed by atoms with Crippen LogP contribution in [0.2, 0.25) is 0 Å². The predicted molar refractivity (Wildman–Crippen MR) is 89.9 cm³/mol. The number of phenols is 1. The summed E-state index contributed by atoms with van der Waals surface area (Å²) in [5.74, 6) is 0.318. The lowest BCUT2D eigenvalue weighted by atomic mass is 10.0. The fourth-order valence-electron chi connectivity index (χ4n) is 2.48. The minimum Gasteiger partial charge on any atom is -0.508 e. The number of rotatable bonds is 7. The van der Waals surface area contributed by atoms with Crippen LogP contribution in [0.15, 0.2) is 41.8 Å². The van der Waals surface area contributed by atoms with Crippen molar-refractivity contribution in [2.45, 2.75) is 25.4 Å². The maximum atomic E-state index is 9.40. The molecule has 2 rings (SSSR count). The van der Waals surface area contributed by atoms with Crippen molar-refractivity contribution in [2.75, 3.05) is 20.6 Å². The number of phenolic OH excluding ortho intramolecular Hbond substituents is 1. The van der Waals surface area contributed by atoms with Crippen LogP contribution < -0.4 is 5.32 Å². The monoisotopic (exact) mass is 304 g/mol. The normalized spacial score (nSPS) is 14.3. The second-order valence-electron chi connectivity index (χ2n) is 5.46. The first-order valence-corrected chi connectivity index (χ1v) is 8.22. The van der Waals surface area contributed by atoms with E-state index in [2.05, 4.69) is 48.7 Å². The summed E-state index contributed by atoms with van der Waals surface area (Å²) in [5.41, 5.74) is 1.22. The molecule has 2 unspecified atom stereocenters. The summed E-state index contributed by atoms with van der Waals surface area (Å²) in [6.07, 6.45) is 1.02. The molecule has 0 radical (unpaired) electrons. The Morgan fingerprint density at radius 2 is 1.90 bits per heavy atom. The zero-order chi connectivity index (χ0) is 15.2. The third kappa shape index (κ3) is 4.30. The first-order chi connectivity index (χ1) is 10.1. The number of aromatic hydroxyl groups is 1. The van der Waals surface area contributed by atoms with Gasteiger partial charge in [0.2, 0.25) is 0 Å². The highest BCUT2D eigenvalue weighted by Gasteiger charge is 2.17. The number of benzene rings is 1. The molecule has 3 nitrogen and oxygen atoms in total. The van der Waals surface area contributed by atoms with Gasteiger partial charge >= 0.3 is 0 Å². The smallest absolute Gasteiger partial charge is 0.115 e. The number of hydrogen-bond acceptors (Lipinski definition) is 4. The Morgan fingerprint density at radius 1 is 1.19 bits per heavy atom. The number of hydrogen-bond donors (Lipinski definition) is 2. The van der Waals surface area contributed by atoms with Gasteiger partial charge in [0.1, 0.15) is 5.75 Å². The maximum absolute atomic E-state index is 9.40. The van der Waals surface area contributed by atoms with Crippen molar-refractivity contribution in [1.82, 2.24) is 10.2 Å². The summed E-state index contributed by atoms with van der Waals surface area (Å²) in [7, 11) is 4.24. The molecular weight excluding hydrogens is 280 g/mol. The quantitative estimate of drug-likeness (QED) is 0.817. The average molecular weight is 304 g/mol. The lowest BCUT2D eigenvalue weighted by molar-refractivity contribution is 0.282. The molecule has 0 fully saturated rings. The van der Waals surface area contributed by atoms with E-state index in [9.17, 15) is 5.11 Å². The zero-order valence-corrected chi connectivity index (χ0v) is 13.7. The zero-order valence-electron chi connectivity index (χ0n) is 12.9. The molecule has 1 heterocycles. The Bertz CT molecular complexity index is 522. The summed E-state index contributed by atoms with van der Waals surface area (Å²) in [4.78, 5) is 3.63. The first-order valence-electron chi connectivity index (χ1n) is 7.34. The van der Waals surface area contributed by atoms with E-state index in [-0.39, 0.29) is 0 Å². The van der Waals surface area contributed by atoms with E-state index >= 15 is 0 Å². The third-order valence-electron chi connectivity index (χ3n) is 3.76. The van der Waals surface area contributed by atoms with Crippen molar-refractivity contribution in [3.63, 3.8) is 0 Å². The van der Waals surface area contributed by atoms with Gasteiger partial charge in [-0.05, 0) is 49.7 Å². The van der Waals surface area contributed by atoms with Gasteiger partial charge in [-0.2, -0.15) is 0 Å². The molecule has 2 N–H and O–H groups in total. The van der Waals surface area contributed by atoms with Gasteiger partial charge in [-0.25, -0.2) is 0 Å². The Hall–Kier alpha value is -1.36. The highest BCUT2D eigenvalue weighted by molar-refractivity contribution is 7.10. The lowest BCUT2D eigenvalue weighted by Gasteiger charge is -2.26. The maximum Gasteiger partial charge on any atom is 0.115 e. The van der Waals surface area contributed by atoms with Crippen molar-refractivity contribution in [2.24, 2.45) is 0 Å². The minimum atomic E-state index is 0.313. The van der Waals surface area contributed by atoms with E-state index in [1.165, 1.54) is 10.4 Å². The molecule has 2 aromatic rings. The summed E-state index contributed by atoms with van der Waals surface area (Å²) in [6.45, 7) is 3.09. The third-order valence-corrected chi connectivity index (χ3v) is 4.73. The van der Waals surface area contributed by atoms with Gasteiger partial charge in [0.05, 0.1) is 6.04 Å². The molecule has 4 heteroatoms. The van der Waals surface area contributed by atoms with Crippen LogP contribution in [0.3, 0.4) is 0 Å². The molecule has 0 spiro atoms. The van der Waals surface area contributed by atoms with Crippen LogP contribution in [0.25, 0.3) is 0 Å². The molecule has 0 saturated carbocycles. The summed E-state index contributed by atoms with van der Waals surface area (Å²) in [5, 5.41) is 15.2. The summed E-state index contributed by atoms with van der Waals surface area (Å²) >= 11 is 1.80. The molecule has 0 saturated heterocycles. The summed E-state index contributed by atoms with van der Waals surface area (Å²) < 4.78 is 0. The molecule has 0 aliphatic heterocycles. The molecule has 0 aliphatic rings. The second kappa shape index (κ2) is 7.59. The number of likely N-dealkylation sites (N-methyl/N-ethyl adjacent to an activating group) is 1. The fraction of sp³-hybridized carbons (Fsp3) is 0.412. The molecule has 0 amide bonds. The van der Waals surface area contributed by atoms with Crippen LogP contribution in [0, 0.1) is 0 Å². The molecule has 114 valence electrons. The van der Waals surface area contributed by atoms with Crippen molar-refractivity contribution in [3.05, 3.63) is 52.2 Å². The molecule has 0 aliphatic carbocycles. The van der Waals surface area contributed by atoms with Gasteiger partial charge in [0.15, 0.2) is 0 Å². The standard InChI is InChI=1S/C17H24N2OS/c1-4-15(13-7-9-14(20)10-8-13)18-12-16(19(2)3)17-6-5-11-21-17/h5-11,15-16,18,20H,4,12H2,1-3H3. The average Bonchev–Trinajstić information content (AvgIpc) is 2.98. The van der Waals surface area contributed by atoms with E-state index in [1.54, 1.807) is 23.5 Å². The topological polar surface area (TPSA) is 35.5 Å². The highest BCUT2D eigenvalue weighted by atomic mass is 32.1. The lowest BCUT2D eigenvalue weighted by Crippen LogP contribution is -2.32. The SMILES string of the molecule is CCC(NCC(c1cccs1)N(C)C)c1ccc(O)cc1. The van der Waals surface area contributed by atoms with Crippen molar-refractivity contribution < 1.29 is 5.11 Å². The van der Waals surface area contributed by atoms with E-state index < -0.39 is 0 Å². The molecule has 1 aromatic heterocycles. The number of nitrogens with one attached hydrogen (secondary N) is 1. The number of nitrogens with zero attached hydrogens (tertiary/aromatic N) is 1. The first kappa shape index (κ1) is 16.0. The highest BCUT2D eigenvalue weighted by Crippen LogP contribution is 2.25. The largest absolute Gasteiger partial charge is 0.508 e. The van der Waals surface area contributed by atoms with Crippen LogP contribution in [0.5, 0.6) is 5.75 Å². The van der Waals surface area contributed by atoms with Crippen LogP contribution in [-0.2, 0) is 0 Å². The Morgan fingerprint density at radius 3 is 2.43 bits per heavy atom. The molecule has 0 bridgehead atoms. The van der Waals surface area contributed by atoms with Gasteiger partial charge in [-0.3, -0.25) is 0 Å².